The van der Waals surface area contributed by atoms with Crippen molar-refractivity contribution in [3.8, 4) is 0 Å². The summed E-state index contributed by atoms with van der Waals surface area (Å²) in [4.78, 5) is 0.309. The van der Waals surface area contributed by atoms with Gasteiger partial charge in [-0.2, -0.15) is 4.31 Å². The van der Waals surface area contributed by atoms with Crippen LogP contribution in [0.3, 0.4) is 0 Å². The third kappa shape index (κ3) is 2.29. The Morgan fingerprint density at radius 2 is 1.69 bits per heavy atom. The van der Waals surface area contributed by atoms with E-state index >= 15 is 0 Å². The third-order valence-corrected chi connectivity index (χ3v) is 4.51. The molecule has 4 nitrogen and oxygen atoms in total. The van der Waals surface area contributed by atoms with Gasteiger partial charge in [-0.15, -0.1) is 0 Å². The average Bonchev–Trinajstić information content (AvgIpc) is 2.31. The van der Waals surface area contributed by atoms with E-state index in [1.807, 2.05) is 0 Å². The normalized spacial score (nSPS) is 18.5. The van der Waals surface area contributed by atoms with Crippen molar-refractivity contribution in [1.29, 1.82) is 0 Å². The highest BCUT2D eigenvalue weighted by Gasteiger charge is 2.25. The van der Waals surface area contributed by atoms with Gasteiger partial charge in [0.15, 0.2) is 0 Å². The molecule has 0 saturated carbocycles. The summed E-state index contributed by atoms with van der Waals surface area (Å²) >= 11 is 0. The molecule has 84 valence electrons. The van der Waals surface area contributed by atoms with E-state index in [2.05, 4.69) is 5.32 Å². The topological polar surface area (TPSA) is 49.4 Å². The molecule has 16 heavy (non-hydrogen) atoms. The molecule has 1 aromatic carbocycles. The Morgan fingerprint density at radius 1 is 1.12 bits per heavy atom. The minimum atomic E-state index is -3.34. The lowest BCUT2D eigenvalue weighted by molar-refractivity contribution is 0.360. The molecule has 1 aromatic rings. The zero-order chi connectivity index (χ0) is 11.6. The first-order valence-electron chi connectivity index (χ1n) is 5.17. The Hall–Kier alpha value is -0.845. The summed E-state index contributed by atoms with van der Waals surface area (Å²) < 4.78 is 25.8. The van der Waals surface area contributed by atoms with E-state index in [4.69, 9.17) is 7.85 Å². The van der Waals surface area contributed by atoms with E-state index in [-0.39, 0.29) is 0 Å². The van der Waals surface area contributed by atoms with E-state index in [9.17, 15) is 8.42 Å². The summed E-state index contributed by atoms with van der Waals surface area (Å²) in [5, 5.41) is 3.12. The maximum atomic E-state index is 12.2. The number of hydrogen-bond acceptors (Lipinski definition) is 3. The monoisotopic (exact) mass is 236 g/mol. The lowest BCUT2D eigenvalue weighted by Gasteiger charge is -2.26. The van der Waals surface area contributed by atoms with Gasteiger partial charge >= 0.3 is 0 Å². The van der Waals surface area contributed by atoms with Crippen molar-refractivity contribution in [1.82, 2.24) is 9.62 Å². The minimum Gasteiger partial charge on any atom is -0.314 e. The summed E-state index contributed by atoms with van der Waals surface area (Å²) in [6, 6.07) is 6.31. The van der Waals surface area contributed by atoms with Crippen LogP contribution in [0.15, 0.2) is 29.2 Å². The standard InChI is InChI=1S/C10H13BN2O2S/c11-9-1-3-10(4-2-9)16(14,15)13-7-5-12-6-8-13/h1-4,12H,5-8H2. The van der Waals surface area contributed by atoms with Gasteiger partial charge in [0.05, 0.1) is 4.90 Å². The minimum absolute atomic E-state index is 0.309. The Bertz CT molecular complexity index is 452. The molecule has 2 rings (SSSR count). The molecule has 0 atom stereocenters. The van der Waals surface area contributed by atoms with Crippen molar-refractivity contribution in [3.05, 3.63) is 24.3 Å². The summed E-state index contributed by atoms with van der Waals surface area (Å²) in [5.74, 6) is 0. The maximum absolute atomic E-state index is 12.2. The second kappa shape index (κ2) is 4.57. The highest BCUT2D eigenvalue weighted by Crippen LogP contribution is 2.14. The van der Waals surface area contributed by atoms with Gasteiger partial charge in [-0.1, -0.05) is 17.6 Å². The van der Waals surface area contributed by atoms with Crippen LogP contribution in [0.2, 0.25) is 0 Å². The summed E-state index contributed by atoms with van der Waals surface area (Å²) in [6.07, 6.45) is 0. The van der Waals surface area contributed by atoms with Crippen LogP contribution in [0, 0.1) is 0 Å². The molecule has 0 amide bonds. The lowest BCUT2D eigenvalue weighted by atomic mass is 9.97. The van der Waals surface area contributed by atoms with Gasteiger partial charge in [0.2, 0.25) is 10.0 Å². The van der Waals surface area contributed by atoms with Gasteiger partial charge in [0.1, 0.15) is 7.85 Å². The highest BCUT2D eigenvalue weighted by atomic mass is 32.2. The largest absolute Gasteiger partial charge is 0.314 e. The molecule has 6 heteroatoms. The molecule has 1 heterocycles. The molecule has 0 bridgehead atoms. The quantitative estimate of drug-likeness (QED) is 0.675. The number of nitrogens with one attached hydrogen (secondary N) is 1. The molecule has 0 aliphatic carbocycles. The number of piperazine rings is 1. The Balaban J connectivity index is 2.27. The van der Waals surface area contributed by atoms with Crippen LogP contribution in [0.25, 0.3) is 0 Å². The second-order valence-corrected chi connectivity index (χ2v) is 5.66. The summed E-state index contributed by atoms with van der Waals surface area (Å²) in [5.41, 5.74) is 0.569. The molecule has 2 radical (unpaired) electrons. The number of rotatable bonds is 2. The SMILES string of the molecule is [B]c1ccc(S(=O)(=O)N2CCNCC2)cc1. The fraction of sp³-hybridized carbons (Fsp3) is 0.400. The van der Waals surface area contributed by atoms with Crippen LogP contribution in [-0.4, -0.2) is 46.7 Å². The van der Waals surface area contributed by atoms with Crippen LogP contribution in [0.1, 0.15) is 0 Å². The van der Waals surface area contributed by atoms with Gasteiger partial charge in [-0.3, -0.25) is 0 Å². The van der Waals surface area contributed by atoms with Gasteiger partial charge in [-0.25, -0.2) is 8.42 Å². The molecule has 0 spiro atoms. The van der Waals surface area contributed by atoms with Crippen LogP contribution in [0.5, 0.6) is 0 Å². The maximum Gasteiger partial charge on any atom is 0.243 e. The predicted octanol–water partition coefficient (Wildman–Crippen LogP) is -0.926. The first kappa shape index (κ1) is 11.6. The van der Waals surface area contributed by atoms with Gasteiger partial charge in [0.25, 0.3) is 0 Å². The fourth-order valence-electron chi connectivity index (χ4n) is 1.67. The van der Waals surface area contributed by atoms with E-state index in [0.29, 0.717) is 36.5 Å². The van der Waals surface area contributed by atoms with Crippen LogP contribution in [0.4, 0.5) is 0 Å². The van der Waals surface area contributed by atoms with Crippen LogP contribution in [-0.2, 0) is 10.0 Å². The zero-order valence-electron chi connectivity index (χ0n) is 8.89. The van der Waals surface area contributed by atoms with Crippen molar-refractivity contribution < 1.29 is 8.42 Å². The molecule has 1 fully saturated rings. The highest BCUT2D eigenvalue weighted by molar-refractivity contribution is 7.89. The number of benzene rings is 1. The zero-order valence-corrected chi connectivity index (χ0v) is 9.70. The van der Waals surface area contributed by atoms with E-state index < -0.39 is 10.0 Å². The van der Waals surface area contributed by atoms with Gasteiger partial charge in [-0.05, 0) is 12.1 Å². The van der Waals surface area contributed by atoms with Crippen molar-refractivity contribution in [3.63, 3.8) is 0 Å². The number of sulfonamides is 1. The van der Waals surface area contributed by atoms with Gasteiger partial charge in [0, 0.05) is 26.2 Å². The molecular weight excluding hydrogens is 223 g/mol. The molecule has 1 N–H and O–H groups in total. The van der Waals surface area contributed by atoms with Crippen molar-refractivity contribution in [2.75, 3.05) is 26.2 Å². The molecule has 1 aliphatic rings. The number of nitrogens with zero attached hydrogens (tertiary/aromatic N) is 1. The van der Waals surface area contributed by atoms with Crippen LogP contribution >= 0.6 is 0 Å². The average molecular weight is 236 g/mol. The first-order valence-corrected chi connectivity index (χ1v) is 6.61. The number of hydrogen-bond donors (Lipinski definition) is 1. The second-order valence-electron chi connectivity index (χ2n) is 3.72. The predicted molar refractivity (Wildman–Crippen MR) is 63.5 cm³/mol. The fourth-order valence-corrected chi connectivity index (χ4v) is 3.11. The Kier molecular flexibility index (Phi) is 3.32. The molecule has 1 aliphatic heterocycles. The molecule has 0 unspecified atom stereocenters. The van der Waals surface area contributed by atoms with E-state index in [1.54, 1.807) is 24.3 Å². The van der Waals surface area contributed by atoms with Crippen molar-refractivity contribution in [2.24, 2.45) is 0 Å². The van der Waals surface area contributed by atoms with E-state index in [1.165, 1.54) is 4.31 Å². The molecular formula is C10H13BN2O2S. The van der Waals surface area contributed by atoms with Crippen molar-refractivity contribution >= 4 is 23.3 Å². The Labute approximate surface area is 97.1 Å². The first-order chi connectivity index (χ1) is 7.60. The van der Waals surface area contributed by atoms with Crippen molar-refractivity contribution in [2.45, 2.75) is 4.90 Å². The van der Waals surface area contributed by atoms with E-state index in [0.717, 1.165) is 0 Å². The smallest absolute Gasteiger partial charge is 0.243 e. The summed E-state index contributed by atoms with van der Waals surface area (Å²) in [6.45, 7) is 2.45. The summed E-state index contributed by atoms with van der Waals surface area (Å²) in [7, 11) is 2.19. The third-order valence-electron chi connectivity index (χ3n) is 2.59. The molecule has 1 saturated heterocycles. The lowest BCUT2D eigenvalue weighted by Crippen LogP contribution is -2.46. The van der Waals surface area contributed by atoms with Gasteiger partial charge < -0.3 is 5.32 Å². The van der Waals surface area contributed by atoms with Crippen LogP contribution < -0.4 is 10.8 Å². The molecule has 0 aromatic heterocycles. The Morgan fingerprint density at radius 3 is 2.25 bits per heavy atom.